The molecule has 0 radical (unpaired) electrons. The van der Waals surface area contributed by atoms with Crippen molar-refractivity contribution >= 4 is 17.2 Å². The lowest BCUT2D eigenvalue weighted by molar-refractivity contribution is -0.121. The van der Waals surface area contributed by atoms with Crippen LogP contribution >= 0.6 is 11.3 Å². The largest absolute Gasteiger partial charge is 0.352 e. The van der Waals surface area contributed by atoms with Gasteiger partial charge >= 0.3 is 0 Å². The van der Waals surface area contributed by atoms with E-state index in [1.54, 1.807) is 5.51 Å². The van der Waals surface area contributed by atoms with Crippen molar-refractivity contribution < 1.29 is 4.79 Å². The van der Waals surface area contributed by atoms with Gasteiger partial charge in [0, 0.05) is 30.6 Å². The Bertz CT molecular complexity index is 388. The van der Waals surface area contributed by atoms with Crippen LogP contribution in [-0.2, 0) is 11.2 Å². The average molecular weight is 251 g/mol. The van der Waals surface area contributed by atoms with Gasteiger partial charge in [0.05, 0.1) is 17.6 Å². The number of rotatable bonds is 4. The lowest BCUT2D eigenvalue weighted by Crippen LogP contribution is -2.38. The van der Waals surface area contributed by atoms with E-state index < -0.39 is 0 Å². The second kappa shape index (κ2) is 4.74. The molecule has 5 heteroatoms. The van der Waals surface area contributed by atoms with Gasteiger partial charge in [0.1, 0.15) is 0 Å². The minimum Gasteiger partial charge on any atom is -0.352 e. The summed E-state index contributed by atoms with van der Waals surface area (Å²) in [5.74, 6) is 0.110. The second-order valence-corrected chi connectivity index (χ2v) is 5.65. The number of aromatic nitrogens is 1. The number of amides is 1. The Hall–Kier alpha value is -0.940. The van der Waals surface area contributed by atoms with Gasteiger partial charge in [-0.3, -0.25) is 9.69 Å². The van der Waals surface area contributed by atoms with E-state index in [1.807, 2.05) is 5.38 Å². The summed E-state index contributed by atoms with van der Waals surface area (Å²) < 4.78 is 0. The topological polar surface area (TPSA) is 45.2 Å². The Morgan fingerprint density at radius 1 is 1.53 bits per heavy atom. The molecule has 92 valence electrons. The molecule has 0 aromatic carbocycles. The molecule has 2 heterocycles. The van der Waals surface area contributed by atoms with Gasteiger partial charge in [-0.25, -0.2) is 4.98 Å². The van der Waals surface area contributed by atoms with Crippen molar-refractivity contribution in [2.75, 3.05) is 13.1 Å². The van der Waals surface area contributed by atoms with Crippen LogP contribution in [0.3, 0.4) is 0 Å². The van der Waals surface area contributed by atoms with Crippen molar-refractivity contribution in [2.24, 2.45) is 0 Å². The fraction of sp³-hybridized carbons (Fsp3) is 0.667. The minimum absolute atomic E-state index is 0.110. The van der Waals surface area contributed by atoms with Gasteiger partial charge in [-0.1, -0.05) is 0 Å². The molecule has 0 bridgehead atoms. The van der Waals surface area contributed by atoms with E-state index >= 15 is 0 Å². The van der Waals surface area contributed by atoms with E-state index in [4.69, 9.17) is 0 Å². The fourth-order valence-corrected chi connectivity index (χ4v) is 3.00. The van der Waals surface area contributed by atoms with Gasteiger partial charge in [0.15, 0.2) is 0 Å². The van der Waals surface area contributed by atoms with Gasteiger partial charge in [0.2, 0.25) is 5.91 Å². The lowest BCUT2D eigenvalue weighted by Gasteiger charge is -2.15. The van der Waals surface area contributed by atoms with E-state index in [0.717, 1.165) is 31.2 Å². The van der Waals surface area contributed by atoms with Crippen LogP contribution in [0.1, 0.15) is 25.0 Å². The molecular formula is C12H17N3OS. The predicted molar refractivity (Wildman–Crippen MR) is 67.0 cm³/mol. The van der Waals surface area contributed by atoms with Crippen molar-refractivity contribution in [3.8, 4) is 0 Å². The maximum absolute atomic E-state index is 11.8. The fourth-order valence-electron chi connectivity index (χ4n) is 2.44. The highest BCUT2D eigenvalue weighted by Gasteiger charge is 2.34. The Labute approximate surface area is 105 Å². The highest BCUT2D eigenvalue weighted by atomic mass is 32.1. The molecule has 1 atom stereocenters. The van der Waals surface area contributed by atoms with Crippen LogP contribution in [0.15, 0.2) is 10.9 Å². The smallest absolute Gasteiger partial charge is 0.226 e. The van der Waals surface area contributed by atoms with Gasteiger partial charge in [0.25, 0.3) is 0 Å². The zero-order chi connectivity index (χ0) is 11.7. The summed E-state index contributed by atoms with van der Waals surface area (Å²) in [6.07, 6.45) is 4.21. The number of carbonyl (C=O) groups excluding carboxylic acids is 1. The molecule has 3 rings (SSSR count). The monoisotopic (exact) mass is 251 g/mol. The third kappa shape index (κ3) is 2.84. The molecule has 2 fully saturated rings. The molecule has 1 unspecified atom stereocenters. The Morgan fingerprint density at radius 2 is 2.41 bits per heavy atom. The van der Waals surface area contributed by atoms with E-state index in [1.165, 1.54) is 24.2 Å². The summed E-state index contributed by atoms with van der Waals surface area (Å²) >= 11 is 1.54. The third-order valence-corrected chi connectivity index (χ3v) is 4.11. The lowest BCUT2D eigenvalue weighted by atomic mass is 10.2. The van der Waals surface area contributed by atoms with Crippen LogP contribution in [-0.4, -0.2) is 41.0 Å². The van der Waals surface area contributed by atoms with E-state index in [-0.39, 0.29) is 5.91 Å². The summed E-state index contributed by atoms with van der Waals surface area (Å²) in [7, 11) is 0. The Balaban J connectivity index is 1.45. The zero-order valence-electron chi connectivity index (χ0n) is 9.76. The molecule has 0 spiro atoms. The quantitative estimate of drug-likeness (QED) is 0.869. The Kier molecular flexibility index (Phi) is 3.11. The zero-order valence-corrected chi connectivity index (χ0v) is 10.6. The highest BCUT2D eigenvalue weighted by Crippen LogP contribution is 2.29. The van der Waals surface area contributed by atoms with Crippen molar-refractivity contribution in [3.05, 3.63) is 16.6 Å². The predicted octanol–water partition coefficient (Wildman–Crippen LogP) is 1.04. The summed E-state index contributed by atoms with van der Waals surface area (Å²) in [5.41, 5.74) is 2.65. The summed E-state index contributed by atoms with van der Waals surface area (Å²) in [4.78, 5) is 18.4. The molecule has 1 aromatic heterocycles. The third-order valence-electron chi connectivity index (χ3n) is 3.47. The van der Waals surface area contributed by atoms with Crippen LogP contribution in [0, 0.1) is 0 Å². The molecule has 17 heavy (non-hydrogen) atoms. The first-order valence-corrected chi connectivity index (χ1v) is 7.16. The van der Waals surface area contributed by atoms with Gasteiger partial charge in [-0.15, -0.1) is 11.3 Å². The second-order valence-electron chi connectivity index (χ2n) is 4.94. The average Bonchev–Trinajstić information content (AvgIpc) is 2.84. The SMILES string of the molecule is O=C(Cc1cscn1)NC1CCN(C2CC2)C1. The van der Waals surface area contributed by atoms with E-state index in [9.17, 15) is 4.79 Å². The number of hydrogen-bond acceptors (Lipinski definition) is 4. The number of nitrogens with zero attached hydrogens (tertiary/aromatic N) is 2. The molecular weight excluding hydrogens is 234 g/mol. The maximum Gasteiger partial charge on any atom is 0.226 e. The maximum atomic E-state index is 11.8. The molecule has 1 saturated heterocycles. The molecule has 1 amide bonds. The molecule has 1 aliphatic heterocycles. The molecule has 1 saturated carbocycles. The van der Waals surface area contributed by atoms with Crippen LogP contribution in [0.25, 0.3) is 0 Å². The van der Waals surface area contributed by atoms with Gasteiger partial charge < -0.3 is 5.32 Å². The first kappa shape index (κ1) is 11.2. The van der Waals surface area contributed by atoms with E-state index in [0.29, 0.717) is 12.5 Å². The number of nitrogens with one attached hydrogen (secondary N) is 1. The van der Waals surface area contributed by atoms with Crippen molar-refractivity contribution in [1.29, 1.82) is 0 Å². The minimum atomic E-state index is 0.110. The summed E-state index contributed by atoms with van der Waals surface area (Å²) in [6, 6.07) is 1.16. The van der Waals surface area contributed by atoms with Crippen molar-refractivity contribution in [2.45, 2.75) is 37.8 Å². The van der Waals surface area contributed by atoms with Crippen molar-refractivity contribution in [3.63, 3.8) is 0 Å². The van der Waals surface area contributed by atoms with Gasteiger partial charge in [-0.05, 0) is 19.3 Å². The summed E-state index contributed by atoms with van der Waals surface area (Å²) in [5, 5.41) is 5.05. The van der Waals surface area contributed by atoms with Crippen LogP contribution in [0.2, 0.25) is 0 Å². The van der Waals surface area contributed by atoms with Crippen LogP contribution < -0.4 is 5.32 Å². The van der Waals surface area contributed by atoms with Crippen LogP contribution in [0.4, 0.5) is 0 Å². The van der Waals surface area contributed by atoms with Crippen molar-refractivity contribution in [1.82, 2.24) is 15.2 Å². The van der Waals surface area contributed by atoms with E-state index in [2.05, 4.69) is 15.2 Å². The molecule has 1 aromatic rings. The number of likely N-dealkylation sites (tertiary alicyclic amines) is 1. The number of hydrogen-bond donors (Lipinski definition) is 1. The molecule has 1 aliphatic carbocycles. The van der Waals surface area contributed by atoms with Crippen LogP contribution in [0.5, 0.6) is 0 Å². The highest BCUT2D eigenvalue weighted by molar-refractivity contribution is 7.07. The van der Waals surface area contributed by atoms with Gasteiger partial charge in [-0.2, -0.15) is 0 Å². The standard InChI is InChI=1S/C12H17N3OS/c16-12(5-10-7-17-8-13-10)14-9-3-4-15(6-9)11-1-2-11/h7-9,11H,1-6H2,(H,14,16). The molecule has 4 nitrogen and oxygen atoms in total. The number of thiazole rings is 1. The molecule has 1 N–H and O–H groups in total. The first-order valence-electron chi connectivity index (χ1n) is 6.22. The normalized spacial score (nSPS) is 25.1. The Morgan fingerprint density at radius 3 is 3.12 bits per heavy atom. The first-order chi connectivity index (χ1) is 8.31. The molecule has 2 aliphatic rings. The summed E-state index contributed by atoms with van der Waals surface area (Å²) in [6.45, 7) is 2.18. The number of carbonyl (C=O) groups is 1.